The summed E-state index contributed by atoms with van der Waals surface area (Å²) < 4.78 is 3.88. The number of pyridine rings is 1. The van der Waals surface area contributed by atoms with Crippen molar-refractivity contribution in [1.29, 1.82) is 0 Å². The van der Waals surface area contributed by atoms with Crippen LogP contribution in [-0.2, 0) is 0 Å². The van der Waals surface area contributed by atoms with Crippen molar-refractivity contribution in [2.75, 3.05) is 18.0 Å². The zero-order valence-electron chi connectivity index (χ0n) is 17.3. The number of nitrogens with zero attached hydrogens (tertiary/aromatic N) is 6. The third-order valence-corrected chi connectivity index (χ3v) is 6.55. The molecule has 0 aromatic carbocycles. The van der Waals surface area contributed by atoms with Gasteiger partial charge in [-0.15, -0.1) is 10.2 Å². The lowest BCUT2D eigenvalue weighted by Gasteiger charge is -2.48. The Morgan fingerprint density at radius 3 is 2.93 bits per heavy atom. The average molecular weight is 393 g/mol. The quantitative estimate of drug-likeness (QED) is 0.682. The van der Waals surface area contributed by atoms with Crippen LogP contribution in [0.3, 0.4) is 0 Å². The summed E-state index contributed by atoms with van der Waals surface area (Å²) in [4.78, 5) is 15.3. The molecule has 0 radical (unpaired) electrons. The maximum atomic E-state index is 12.8. The molecule has 5 heterocycles. The van der Waals surface area contributed by atoms with Crippen molar-refractivity contribution in [3.8, 4) is 0 Å². The summed E-state index contributed by atoms with van der Waals surface area (Å²) >= 11 is 0. The van der Waals surface area contributed by atoms with E-state index >= 15 is 0 Å². The first-order valence-corrected chi connectivity index (χ1v) is 10.7. The fraction of sp³-hybridized carbons (Fsp3) is 0.545. The molecule has 7 heteroatoms. The van der Waals surface area contributed by atoms with E-state index in [-0.39, 0.29) is 11.6 Å². The Morgan fingerprint density at radius 1 is 1.24 bits per heavy atom. The highest BCUT2D eigenvalue weighted by molar-refractivity contribution is 5.68. The largest absolute Gasteiger partial charge is 0.367 e. The Morgan fingerprint density at radius 2 is 2.10 bits per heavy atom. The SMILES string of the molecule is Cc1cc(N2C[C@H]3C[C@@H](C2)[C@H](CCC(C)C)n2c3cccc2=O)c2nncn2n1. The molecule has 0 amide bonds. The van der Waals surface area contributed by atoms with Crippen LogP contribution in [0.2, 0.25) is 0 Å². The summed E-state index contributed by atoms with van der Waals surface area (Å²) in [6, 6.07) is 8.17. The molecular formula is C22H28N6O. The molecule has 2 bridgehead atoms. The zero-order valence-corrected chi connectivity index (χ0v) is 17.3. The van der Waals surface area contributed by atoms with Gasteiger partial charge in [-0.25, -0.2) is 0 Å². The number of aromatic nitrogens is 5. The minimum Gasteiger partial charge on any atom is -0.367 e. The third kappa shape index (κ3) is 3.12. The zero-order chi connectivity index (χ0) is 20.1. The molecule has 29 heavy (non-hydrogen) atoms. The molecular weight excluding hydrogens is 364 g/mol. The first-order chi connectivity index (χ1) is 14.0. The number of hydrogen-bond donors (Lipinski definition) is 0. The highest BCUT2D eigenvalue weighted by Crippen LogP contribution is 2.44. The lowest BCUT2D eigenvalue weighted by atomic mass is 9.76. The van der Waals surface area contributed by atoms with Crippen molar-refractivity contribution in [3.63, 3.8) is 0 Å². The van der Waals surface area contributed by atoms with E-state index in [1.807, 2.05) is 13.0 Å². The molecule has 0 aliphatic carbocycles. The maximum Gasteiger partial charge on any atom is 0.250 e. The van der Waals surface area contributed by atoms with Crippen molar-refractivity contribution in [3.05, 3.63) is 52.3 Å². The van der Waals surface area contributed by atoms with Gasteiger partial charge in [-0.1, -0.05) is 19.9 Å². The summed E-state index contributed by atoms with van der Waals surface area (Å²) in [5, 5.41) is 12.9. The van der Waals surface area contributed by atoms with Crippen molar-refractivity contribution < 1.29 is 0 Å². The second-order valence-corrected chi connectivity index (χ2v) is 9.07. The maximum absolute atomic E-state index is 12.8. The van der Waals surface area contributed by atoms with Gasteiger partial charge in [0.2, 0.25) is 5.65 Å². The highest BCUT2D eigenvalue weighted by atomic mass is 16.1. The lowest BCUT2D eigenvalue weighted by molar-refractivity contribution is 0.195. The number of fused-ring (bicyclic) bond motifs is 5. The molecule has 2 aliphatic heterocycles. The standard InChI is InChI=1S/C22H28N6O/c1-14(2)7-8-19-17-10-16(18-5-4-6-21(29)28(18)19)11-26(12-17)20-9-15(3)25-27-13-23-24-22(20)27/h4-6,9,13-14,16-17,19H,7-8,10-12H2,1-3H3/t16-,17+,19+/m1/s1. The fourth-order valence-corrected chi connectivity index (χ4v) is 5.28. The van der Waals surface area contributed by atoms with Crippen molar-refractivity contribution in [2.45, 2.75) is 52.0 Å². The van der Waals surface area contributed by atoms with Gasteiger partial charge < -0.3 is 9.47 Å². The van der Waals surface area contributed by atoms with Crippen LogP contribution in [-0.4, -0.2) is 37.5 Å². The van der Waals surface area contributed by atoms with E-state index in [2.05, 4.69) is 50.7 Å². The van der Waals surface area contributed by atoms with Gasteiger partial charge in [0.15, 0.2) is 0 Å². The topological polar surface area (TPSA) is 68.3 Å². The monoisotopic (exact) mass is 392 g/mol. The molecule has 5 rings (SSSR count). The van der Waals surface area contributed by atoms with Gasteiger partial charge >= 0.3 is 0 Å². The molecule has 0 unspecified atom stereocenters. The molecule has 152 valence electrons. The van der Waals surface area contributed by atoms with Gasteiger partial charge in [0, 0.05) is 36.8 Å². The van der Waals surface area contributed by atoms with Crippen molar-refractivity contribution >= 4 is 11.3 Å². The number of hydrogen-bond acceptors (Lipinski definition) is 5. The summed E-state index contributed by atoms with van der Waals surface area (Å²) in [6.07, 6.45) is 5.00. The van der Waals surface area contributed by atoms with Gasteiger partial charge in [0.05, 0.1) is 11.4 Å². The molecule has 0 saturated carbocycles. The number of aryl methyl sites for hydroxylation is 1. The molecule has 3 aromatic heterocycles. The van der Waals surface area contributed by atoms with Crippen LogP contribution in [0.25, 0.3) is 5.65 Å². The Hall–Kier alpha value is -2.70. The fourth-order valence-electron chi connectivity index (χ4n) is 5.28. The van der Waals surface area contributed by atoms with E-state index in [0.29, 0.717) is 17.8 Å². The molecule has 3 aromatic rings. The number of anilines is 1. The van der Waals surface area contributed by atoms with Crippen LogP contribution >= 0.6 is 0 Å². The predicted octanol–water partition coefficient (Wildman–Crippen LogP) is 3.20. The smallest absolute Gasteiger partial charge is 0.250 e. The number of piperidine rings is 1. The summed E-state index contributed by atoms with van der Waals surface area (Å²) in [5.74, 6) is 1.44. The lowest BCUT2D eigenvalue weighted by Crippen LogP contribution is -2.49. The molecule has 0 N–H and O–H groups in total. The summed E-state index contributed by atoms with van der Waals surface area (Å²) in [6.45, 7) is 8.35. The van der Waals surface area contributed by atoms with Crippen LogP contribution in [0.4, 0.5) is 5.69 Å². The molecule has 1 fully saturated rings. The number of rotatable bonds is 4. The first-order valence-electron chi connectivity index (χ1n) is 10.7. The van der Waals surface area contributed by atoms with Crippen molar-refractivity contribution in [2.24, 2.45) is 11.8 Å². The van der Waals surface area contributed by atoms with Crippen LogP contribution in [0.15, 0.2) is 35.4 Å². The van der Waals surface area contributed by atoms with E-state index < -0.39 is 0 Å². The summed E-state index contributed by atoms with van der Waals surface area (Å²) in [5.41, 5.74) is 4.20. The van der Waals surface area contributed by atoms with E-state index in [0.717, 1.165) is 49.4 Å². The Bertz CT molecular complexity index is 1100. The molecule has 0 spiro atoms. The van der Waals surface area contributed by atoms with Gasteiger partial charge in [-0.2, -0.15) is 9.61 Å². The molecule has 1 saturated heterocycles. The van der Waals surface area contributed by atoms with E-state index in [4.69, 9.17) is 0 Å². The third-order valence-electron chi connectivity index (χ3n) is 6.55. The van der Waals surface area contributed by atoms with E-state index in [9.17, 15) is 4.79 Å². The predicted molar refractivity (Wildman–Crippen MR) is 112 cm³/mol. The highest BCUT2D eigenvalue weighted by Gasteiger charge is 2.40. The van der Waals surface area contributed by atoms with E-state index in [1.54, 1.807) is 16.9 Å². The van der Waals surface area contributed by atoms with Crippen molar-refractivity contribution in [1.82, 2.24) is 24.4 Å². The normalized spacial score (nSPS) is 23.6. The summed E-state index contributed by atoms with van der Waals surface area (Å²) in [7, 11) is 0. The van der Waals surface area contributed by atoms with Crippen LogP contribution < -0.4 is 10.5 Å². The first kappa shape index (κ1) is 18.3. The van der Waals surface area contributed by atoms with Gasteiger partial charge in [-0.3, -0.25) is 4.79 Å². The molecule has 7 nitrogen and oxygen atoms in total. The molecule has 2 aliphatic rings. The van der Waals surface area contributed by atoms with Crippen LogP contribution in [0.5, 0.6) is 0 Å². The second kappa shape index (κ2) is 6.97. The Kier molecular flexibility index (Phi) is 4.41. The van der Waals surface area contributed by atoms with Gasteiger partial charge in [0.25, 0.3) is 5.56 Å². The average Bonchev–Trinajstić information content (AvgIpc) is 3.15. The Labute approximate surface area is 170 Å². The minimum atomic E-state index is 0.152. The van der Waals surface area contributed by atoms with Crippen LogP contribution in [0.1, 0.15) is 56.5 Å². The van der Waals surface area contributed by atoms with Gasteiger partial charge in [0.1, 0.15) is 6.33 Å². The van der Waals surface area contributed by atoms with Gasteiger partial charge in [-0.05, 0) is 50.2 Å². The Balaban J connectivity index is 1.57. The second-order valence-electron chi connectivity index (χ2n) is 9.07. The van der Waals surface area contributed by atoms with Crippen LogP contribution in [0, 0.1) is 18.8 Å². The minimum absolute atomic E-state index is 0.152. The van der Waals surface area contributed by atoms with E-state index in [1.165, 1.54) is 5.69 Å². The molecule has 3 atom stereocenters.